The molecule has 0 bridgehead atoms. The van der Waals surface area contributed by atoms with Gasteiger partial charge < -0.3 is 5.32 Å². The van der Waals surface area contributed by atoms with Crippen molar-refractivity contribution in [2.75, 3.05) is 6.54 Å². The van der Waals surface area contributed by atoms with Crippen LogP contribution in [0.4, 0.5) is 0 Å². The summed E-state index contributed by atoms with van der Waals surface area (Å²) >= 11 is 3.31. The Balaban J connectivity index is 1.79. The Morgan fingerprint density at radius 2 is 2.33 bits per heavy atom. The lowest BCUT2D eigenvalue weighted by Crippen LogP contribution is -2.26. The maximum Gasteiger partial charge on any atom is 0.152 e. The zero-order valence-corrected chi connectivity index (χ0v) is 9.96. The zero-order valence-electron chi connectivity index (χ0n) is 8.37. The van der Waals surface area contributed by atoms with E-state index in [1.54, 1.807) is 6.20 Å². The number of carbonyl (C=O) groups is 1. The summed E-state index contributed by atoms with van der Waals surface area (Å²) in [5, 5.41) is 3.20. The van der Waals surface area contributed by atoms with Crippen LogP contribution < -0.4 is 5.32 Å². The smallest absolute Gasteiger partial charge is 0.152 e. The van der Waals surface area contributed by atoms with Crippen LogP contribution in [0.1, 0.15) is 18.5 Å². The standard InChI is InChI=1S/C11H13BrN2O/c12-8-1-2-10(13-6-8)5-11(15)7-14-9-3-4-9/h1-2,6,9,14H,3-5,7H2. The molecule has 80 valence electrons. The Kier molecular flexibility index (Phi) is 3.49. The third-order valence-corrected chi connectivity index (χ3v) is 2.80. The van der Waals surface area contributed by atoms with Gasteiger partial charge in [0.15, 0.2) is 5.78 Å². The van der Waals surface area contributed by atoms with E-state index >= 15 is 0 Å². The molecule has 0 aromatic carbocycles. The van der Waals surface area contributed by atoms with Crippen molar-refractivity contribution >= 4 is 21.7 Å². The van der Waals surface area contributed by atoms with Crippen LogP contribution in [0.25, 0.3) is 0 Å². The Hall–Kier alpha value is -0.740. The van der Waals surface area contributed by atoms with E-state index in [0.717, 1.165) is 10.2 Å². The Labute approximate surface area is 97.4 Å². The van der Waals surface area contributed by atoms with Gasteiger partial charge in [-0.3, -0.25) is 9.78 Å². The topological polar surface area (TPSA) is 42.0 Å². The second-order valence-electron chi connectivity index (χ2n) is 3.84. The summed E-state index contributed by atoms with van der Waals surface area (Å²) < 4.78 is 0.940. The van der Waals surface area contributed by atoms with E-state index < -0.39 is 0 Å². The third kappa shape index (κ3) is 3.72. The van der Waals surface area contributed by atoms with Gasteiger partial charge in [-0.2, -0.15) is 0 Å². The Bertz CT molecular complexity index is 346. The first-order valence-corrected chi connectivity index (χ1v) is 5.89. The summed E-state index contributed by atoms with van der Waals surface area (Å²) in [5.41, 5.74) is 0.834. The first kappa shape index (κ1) is 10.8. The fourth-order valence-electron chi connectivity index (χ4n) is 1.32. The number of hydrogen-bond donors (Lipinski definition) is 1. The molecule has 1 aromatic rings. The van der Waals surface area contributed by atoms with Crippen LogP contribution in [-0.2, 0) is 11.2 Å². The zero-order chi connectivity index (χ0) is 10.7. The van der Waals surface area contributed by atoms with Crippen LogP contribution in [0, 0.1) is 0 Å². The largest absolute Gasteiger partial charge is 0.307 e. The third-order valence-electron chi connectivity index (χ3n) is 2.33. The fraction of sp³-hybridized carbons (Fsp3) is 0.455. The summed E-state index contributed by atoms with van der Waals surface area (Å²) in [6, 6.07) is 4.37. The van der Waals surface area contributed by atoms with E-state index in [0.29, 0.717) is 19.0 Å². The molecule has 1 aromatic heterocycles. The molecule has 1 heterocycles. The highest BCUT2D eigenvalue weighted by molar-refractivity contribution is 9.10. The molecule has 1 aliphatic rings. The number of rotatable bonds is 5. The van der Waals surface area contributed by atoms with Crippen LogP contribution in [0.15, 0.2) is 22.8 Å². The van der Waals surface area contributed by atoms with Gasteiger partial charge in [0, 0.05) is 22.4 Å². The van der Waals surface area contributed by atoms with E-state index in [1.165, 1.54) is 12.8 Å². The molecule has 15 heavy (non-hydrogen) atoms. The molecule has 3 nitrogen and oxygen atoms in total. The number of carbonyl (C=O) groups excluding carboxylic acids is 1. The number of pyridine rings is 1. The number of ketones is 1. The van der Waals surface area contributed by atoms with Gasteiger partial charge in [0.2, 0.25) is 0 Å². The van der Waals surface area contributed by atoms with Crippen LogP contribution in [0.5, 0.6) is 0 Å². The van der Waals surface area contributed by atoms with Crippen molar-refractivity contribution in [2.45, 2.75) is 25.3 Å². The van der Waals surface area contributed by atoms with Gasteiger partial charge in [-0.1, -0.05) is 0 Å². The Morgan fingerprint density at radius 3 is 2.93 bits per heavy atom. The van der Waals surface area contributed by atoms with Crippen LogP contribution in [0.3, 0.4) is 0 Å². The lowest BCUT2D eigenvalue weighted by atomic mass is 10.2. The van der Waals surface area contributed by atoms with Gasteiger partial charge in [0.1, 0.15) is 0 Å². The molecular weight excluding hydrogens is 256 g/mol. The van der Waals surface area contributed by atoms with Gasteiger partial charge in [-0.05, 0) is 40.9 Å². The molecule has 4 heteroatoms. The SMILES string of the molecule is O=C(CNC1CC1)Cc1ccc(Br)cn1. The van der Waals surface area contributed by atoms with Crippen molar-refractivity contribution in [3.63, 3.8) is 0 Å². The van der Waals surface area contributed by atoms with Crippen molar-refractivity contribution < 1.29 is 4.79 Å². The molecule has 0 radical (unpaired) electrons. The number of Topliss-reactive ketones (excluding diaryl/α,β-unsaturated/α-hetero) is 1. The molecule has 0 atom stereocenters. The molecule has 0 aliphatic heterocycles. The molecular formula is C11H13BrN2O. The average Bonchev–Trinajstić information content (AvgIpc) is 3.02. The van der Waals surface area contributed by atoms with Gasteiger partial charge in [0.25, 0.3) is 0 Å². The quantitative estimate of drug-likeness (QED) is 0.884. The predicted octanol–water partition coefficient (Wildman–Crippen LogP) is 1.71. The fourth-order valence-corrected chi connectivity index (χ4v) is 1.56. The number of halogens is 1. The second-order valence-corrected chi connectivity index (χ2v) is 4.75. The van der Waals surface area contributed by atoms with Gasteiger partial charge in [-0.25, -0.2) is 0 Å². The maximum absolute atomic E-state index is 11.5. The van der Waals surface area contributed by atoms with Gasteiger partial charge in [0.05, 0.1) is 13.0 Å². The van der Waals surface area contributed by atoms with E-state index in [4.69, 9.17) is 0 Å². The minimum atomic E-state index is 0.205. The highest BCUT2D eigenvalue weighted by Crippen LogP contribution is 2.18. The lowest BCUT2D eigenvalue weighted by molar-refractivity contribution is -0.117. The summed E-state index contributed by atoms with van der Waals surface area (Å²) in [6.07, 6.45) is 4.57. The van der Waals surface area contributed by atoms with Crippen molar-refractivity contribution in [1.82, 2.24) is 10.3 Å². The normalized spacial score (nSPS) is 15.3. The Morgan fingerprint density at radius 1 is 1.53 bits per heavy atom. The van der Waals surface area contributed by atoms with Crippen molar-refractivity contribution in [3.05, 3.63) is 28.5 Å². The summed E-state index contributed by atoms with van der Waals surface area (Å²) in [7, 11) is 0. The summed E-state index contributed by atoms with van der Waals surface area (Å²) in [5.74, 6) is 0.205. The molecule has 0 saturated heterocycles. The van der Waals surface area contributed by atoms with Crippen molar-refractivity contribution in [2.24, 2.45) is 0 Å². The molecule has 1 fully saturated rings. The second kappa shape index (κ2) is 4.86. The van der Waals surface area contributed by atoms with Crippen LogP contribution in [0.2, 0.25) is 0 Å². The van der Waals surface area contributed by atoms with Crippen molar-refractivity contribution in [1.29, 1.82) is 0 Å². The average molecular weight is 269 g/mol. The first-order valence-electron chi connectivity index (χ1n) is 5.09. The lowest BCUT2D eigenvalue weighted by Gasteiger charge is -2.02. The highest BCUT2D eigenvalue weighted by atomic mass is 79.9. The summed E-state index contributed by atoms with van der Waals surface area (Å²) in [4.78, 5) is 15.7. The molecule has 0 unspecified atom stereocenters. The van der Waals surface area contributed by atoms with Crippen molar-refractivity contribution in [3.8, 4) is 0 Å². The highest BCUT2D eigenvalue weighted by Gasteiger charge is 2.21. The summed E-state index contributed by atoms with van der Waals surface area (Å²) in [6.45, 7) is 0.475. The van der Waals surface area contributed by atoms with Crippen LogP contribution >= 0.6 is 15.9 Å². The monoisotopic (exact) mass is 268 g/mol. The van der Waals surface area contributed by atoms with Crippen LogP contribution in [-0.4, -0.2) is 23.4 Å². The molecule has 0 amide bonds. The molecule has 1 saturated carbocycles. The van der Waals surface area contributed by atoms with Gasteiger partial charge >= 0.3 is 0 Å². The van der Waals surface area contributed by atoms with E-state index in [-0.39, 0.29) is 5.78 Å². The first-order chi connectivity index (χ1) is 7.24. The minimum Gasteiger partial charge on any atom is -0.307 e. The number of aromatic nitrogens is 1. The molecule has 2 rings (SSSR count). The number of nitrogens with zero attached hydrogens (tertiary/aromatic N) is 1. The van der Waals surface area contributed by atoms with Gasteiger partial charge in [-0.15, -0.1) is 0 Å². The number of nitrogens with one attached hydrogen (secondary N) is 1. The predicted molar refractivity (Wildman–Crippen MR) is 61.7 cm³/mol. The number of hydrogen-bond acceptors (Lipinski definition) is 3. The minimum absolute atomic E-state index is 0.205. The molecule has 0 spiro atoms. The molecule has 1 aliphatic carbocycles. The van der Waals surface area contributed by atoms with E-state index in [2.05, 4.69) is 26.2 Å². The van der Waals surface area contributed by atoms with E-state index in [1.807, 2.05) is 12.1 Å². The maximum atomic E-state index is 11.5. The van der Waals surface area contributed by atoms with E-state index in [9.17, 15) is 4.79 Å². The molecule has 1 N–H and O–H groups in total.